The number of fused-ring (bicyclic) bond motifs is 1. The standard InChI is InChI=1S/C16H26ClN5O3Si/c1-16(2,3)26(4,5)25-10-6-9(7-23)24-14(10)22-8-19-11-12(18)20-15(17)21-13(11)22/h8-10,14,23H,6-7H2,1-5H3,(H2,18,20,21)/t9-,10?,14+/m0/s1. The number of imidazole rings is 1. The van der Waals surface area contributed by atoms with Crippen LogP contribution in [0.25, 0.3) is 11.2 Å². The van der Waals surface area contributed by atoms with Crippen molar-refractivity contribution in [1.29, 1.82) is 0 Å². The number of rotatable bonds is 4. The zero-order chi connectivity index (χ0) is 19.3. The maximum absolute atomic E-state index is 9.60. The van der Waals surface area contributed by atoms with Gasteiger partial charge in [-0.15, -0.1) is 0 Å². The van der Waals surface area contributed by atoms with Gasteiger partial charge in [0.2, 0.25) is 5.28 Å². The Balaban J connectivity index is 1.99. The second-order valence-corrected chi connectivity index (χ2v) is 13.3. The Morgan fingerprint density at radius 1 is 1.42 bits per heavy atom. The number of ether oxygens (including phenoxy) is 1. The van der Waals surface area contributed by atoms with E-state index in [-0.39, 0.29) is 35.0 Å². The summed E-state index contributed by atoms with van der Waals surface area (Å²) in [5.41, 5.74) is 6.86. The quantitative estimate of drug-likeness (QED) is 0.600. The van der Waals surface area contributed by atoms with E-state index >= 15 is 0 Å². The molecular formula is C16H26ClN5O3Si. The van der Waals surface area contributed by atoms with E-state index < -0.39 is 14.5 Å². The molecule has 0 aromatic carbocycles. The van der Waals surface area contributed by atoms with E-state index in [1.807, 2.05) is 0 Å². The first-order chi connectivity index (χ1) is 12.0. The first kappa shape index (κ1) is 19.5. The van der Waals surface area contributed by atoms with Gasteiger partial charge in [-0.3, -0.25) is 4.57 Å². The molecule has 1 saturated heterocycles. The maximum atomic E-state index is 9.60. The van der Waals surface area contributed by atoms with Crippen molar-refractivity contribution < 1.29 is 14.3 Å². The number of aliphatic hydroxyl groups is 1. The van der Waals surface area contributed by atoms with Gasteiger partial charge in [0.05, 0.1) is 25.1 Å². The second-order valence-electron chi connectivity index (χ2n) is 8.19. The highest BCUT2D eigenvalue weighted by Crippen LogP contribution is 2.42. The van der Waals surface area contributed by atoms with Gasteiger partial charge in [-0.05, 0) is 29.7 Å². The van der Waals surface area contributed by atoms with Crippen LogP contribution in [0.2, 0.25) is 23.4 Å². The minimum absolute atomic E-state index is 0.0512. The van der Waals surface area contributed by atoms with Gasteiger partial charge >= 0.3 is 0 Å². The van der Waals surface area contributed by atoms with Gasteiger partial charge in [-0.2, -0.15) is 9.97 Å². The molecule has 1 fully saturated rings. The molecule has 0 amide bonds. The summed E-state index contributed by atoms with van der Waals surface area (Å²) < 4.78 is 14.4. The molecule has 0 radical (unpaired) electrons. The van der Waals surface area contributed by atoms with Crippen molar-refractivity contribution in [3.8, 4) is 0 Å². The Labute approximate surface area is 158 Å². The molecule has 2 aromatic rings. The molecule has 10 heteroatoms. The van der Waals surface area contributed by atoms with E-state index in [4.69, 9.17) is 26.5 Å². The fraction of sp³-hybridized carbons (Fsp3) is 0.688. The van der Waals surface area contributed by atoms with Crippen molar-refractivity contribution >= 4 is 36.9 Å². The predicted molar refractivity (Wildman–Crippen MR) is 102 cm³/mol. The lowest BCUT2D eigenvalue weighted by Crippen LogP contribution is -2.45. The summed E-state index contributed by atoms with van der Waals surface area (Å²) in [4.78, 5) is 12.5. The third-order valence-electron chi connectivity index (χ3n) is 5.30. The van der Waals surface area contributed by atoms with E-state index in [9.17, 15) is 5.11 Å². The SMILES string of the molecule is CC(C)(C)[Si](C)(C)OC1C[C@@H](CO)O[C@H]1n1cnc2c(N)nc(Cl)nc21. The molecule has 1 unspecified atom stereocenters. The molecule has 1 aliphatic heterocycles. The average Bonchev–Trinajstić information content (AvgIpc) is 3.09. The summed E-state index contributed by atoms with van der Waals surface area (Å²) in [7, 11) is -2.03. The monoisotopic (exact) mass is 399 g/mol. The summed E-state index contributed by atoms with van der Waals surface area (Å²) in [6, 6.07) is 0. The average molecular weight is 400 g/mol. The third-order valence-corrected chi connectivity index (χ3v) is 9.97. The number of nitrogens with zero attached hydrogens (tertiary/aromatic N) is 4. The van der Waals surface area contributed by atoms with E-state index in [0.717, 1.165) is 0 Å². The number of nitrogens with two attached hydrogens (primary N) is 1. The van der Waals surface area contributed by atoms with Gasteiger partial charge in [0, 0.05) is 6.42 Å². The highest BCUT2D eigenvalue weighted by molar-refractivity contribution is 6.74. The van der Waals surface area contributed by atoms with Gasteiger partial charge in [-0.1, -0.05) is 20.8 Å². The van der Waals surface area contributed by atoms with Crippen LogP contribution < -0.4 is 5.73 Å². The first-order valence-electron chi connectivity index (χ1n) is 8.63. The Hall–Kier alpha value is -1.26. The van der Waals surface area contributed by atoms with Gasteiger partial charge in [-0.25, -0.2) is 4.98 Å². The van der Waals surface area contributed by atoms with Crippen molar-refractivity contribution in [3.05, 3.63) is 11.6 Å². The summed E-state index contributed by atoms with van der Waals surface area (Å²) in [6.45, 7) is 10.9. The highest BCUT2D eigenvalue weighted by Gasteiger charge is 2.45. The number of aromatic nitrogens is 4. The lowest BCUT2D eigenvalue weighted by molar-refractivity contribution is -0.0460. The molecule has 3 heterocycles. The number of aliphatic hydroxyl groups excluding tert-OH is 1. The minimum atomic E-state index is -2.03. The third kappa shape index (κ3) is 3.46. The van der Waals surface area contributed by atoms with Crippen LogP contribution in [0.3, 0.4) is 0 Å². The zero-order valence-corrected chi connectivity index (χ0v) is 17.5. The van der Waals surface area contributed by atoms with Gasteiger partial charge in [0.15, 0.2) is 26.0 Å². The fourth-order valence-corrected chi connectivity index (χ4v) is 4.33. The van der Waals surface area contributed by atoms with Crippen LogP contribution in [0, 0.1) is 0 Å². The van der Waals surface area contributed by atoms with Crippen molar-refractivity contribution in [2.24, 2.45) is 0 Å². The van der Waals surface area contributed by atoms with Crippen LogP contribution in [-0.2, 0) is 9.16 Å². The number of hydrogen-bond acceptors (Lipinski definition) is 7. The molecular weight excluding hydrogens is 374 g/mol. The number of hydrogen-bond donors (Lipinski definition) is 2. The van der Waals surface area contributed by atoms with Crippen LogP contribution >= 0.6 is 11.6 Å². The molecule has 144 valence electrons. The Bertz CT molecular complexity index is 807. The molecule has 2 aromatic heterocycles. The number of anilines is 1. The van der Waals surface area contributed by atoms with E-state index in [1.165, 1.54) is 0 Å². The van der Waals surface area contributed by atoms with Crippen LogP contribution in [0.15, 0.2) is 6.33 Å². The van der Waals surface area contributed by atoms with Gasteiger partial charge in [0.25, 0.3) is 0 Å². The first-order valence-corrected chi connectivity index (χ1v) is 11.9. The molecule has 3 rings (SSSR count). The molecule has 3 atom stereocenters. The van der Waals surface area contributed by atoms with Gasteiger partial charge < -0.3 is 20.0 Å². The lowest BCUT2D eigenvalue weighted by Gasteiger charge is -2.39. The molecule has 8 nitrogen and oxygen atoms in total. The molecule has 26 heavy (non-hydrogen) atoms. The van der Waals surface area contributed by atoms with Crippen LogP contribution in [0.1, 0.15) is 33.4 Å². The summed E-state index contributed by atoms with van der Waals surface area (Å²) in [5, 5.41) is 9.71. The zero-order valence-electron chi connectivity index (χ0n) is 15.7. The van der Waals surface area contributed by atoms with Crippen LogP contribution in [0.4, 0.5) is 5.82 Å². The predicted octanol–water partition coefficient (Wildman–Crippen LogP) is 2.73. The van der Waals surface area contributed by atoms with E-state index in [0.29, 0.717) is 17.6 Å². The fourth-order valence-electron chi connectivity index (χ4n) is 2.84. The normalized spacial score (nSPS) is 24.5. The topological polar surface area (TPSA) is 108 Å². The van der Waals surface area contributed by atoms with E-state index in [2.05, 4.69) is 48.8 Å². The molecule has 0 aliphatic carbocycles. The Morgan fingerprint density at radius 3 is 2.73 bits per heavy atom. The lowest BCUT2D eigenvalue weighted by atomic mass is 10.2. The van der Waals surface area contributed by atoms with Gasteiger partial charge in [0.1, 0.15) is 5.52 Å². The maximum Gasteiger partial charge on any atom is 0.226 e. The summed E-state index contributed by atoms with van der Waals surface area (Å²) in [5.74, 6) is 0.220. The largest absolute Gasteiger partial charge is 0.409 e. The molecule has 1 aliphatic rings. The Morgan fingerprint density at radius 2 is 2.12 bits per heavy atom. The number of nitrogen functional groups attached to an aromatic ring is 1. The van der Waals surface area contributed by atoms with Crippen molar-refractivity contribution in [2.75, 3.05) is 12.3 Å². The molecule has 0 saturated carbocycles. The molecule has 0 spiro atoms. The highest BCUT2D eigenvalue weighted by atomic mass is 35.5. The summed E-state index contributed by atoms with van der Waals surface area (Å²) in [6.07, 6.45) is 1.22. The van der Waals surface area contributed by atoms with Crippen molar-refractivity contribution in [3.63, 3.8) is 0 Å². The second kappa shape index (κ2) is 6.72. The number of halogens is 1. The van der Waals surface area contributed by atoms with Crippen molar-refractivity contribution in [1.82, 2.24) is 19.5 Å². The van der Waals surface area contributed by atoms with Crippen molar-refractivity contribution in [2.45, 2.75) is 63.8 Å². The van der Waals surface area contributed by atoms with Crippen LogP contribution in [0.5, 0.6) is 0 Å². The van der Waals surface area contributed by atoms with Crippen LogP contribution in [-0.4, -0.2) is 51.8 Å². The Kier molecular flexibility index (Phi) is 5.04. The van der Waals surface area contributed by atoms with E-state index in [1.54, 1.807) is 10.9 Å². The smallest absolute Gasteiger partial charge is 0.226 e. The molecule has 3 N–H and O–H groups in total. The molecule has 0 bridgehead atoms. The minimum Gasteiger partial charge on any atom is -0.409 e. The summed E-state index contributed by atoms with van der Waals surface area (Å²) >= 11 is 5.97.